The summed E-state index contributed by atoms with van der Waals surface area (Å²) in [4.78, 5) is 39.3. The van der Waals surface area contributed by atoms with E-state index >= 15 is 0 Å². The fourth-order valence-corrected chi connectivity index (χ4v) is 4.12. The lowest BCUT2D eigenvalue weighted by Gasteiger charge is -2.36. The second-order valence-corrected chi connectivity index (χ2v) is 7.99. The Morgan fingerprint density at radius 1 is 1.06 bits per heavy atom. The predicted octanol–water partition coefficient (Wildman–Crippen LogP) is 4.66. The van der Waals surface area contributed by atoms with Crippen LogP contribution in [0.1, 0.15) is 41.1 Å². The molecule has 8 heteroatoms. The number of carbonyl (C=O) groups excluding carboxylic acids is 3. The first kappa shape index (κ1) is 21.6. The van der Waals surface area contributed by atoms with Gasteiger partial charge >= 0.3 is 0 Å². The second kappa shape index (κ2) is 9.28. The number of furan rings is 1. The second-order valence-electron chi connectivity index (χ2n) is 7.55. The number of halogens is 1. The smallest absolute Gasteiger partial charge is 0.291 e. The minimum absolute atomic E-state index is 0.0739. The van der Waals surface area contributed by atoms with E-state index < -0.39 is 5.91 Å². The summed E-state index contributed by atoms with van der Waals surface area (Å²) in [5.74, 6) is -0.682. The molecule has 2 N–H and O–H groups in total. The van der Waals surface area contributed by atoms with Gasteiger partial charge in [0.25, 0.3) is 5.91 Å². The quantitative estimate of drug-likeness (QED) is 0.590. The molecular formula is C24H22ClN3O4. The first-order chi connectivity index (χ1) is 15.4. The minimum atomic E-state index is -0.461. The molecule has 164 valence electrons. The largest absolute Gasteiger partial charge is 0.459 e. The number of nitrogens with zero attached hydrogens (tertiary/aromatic N) is 1. The molecule has 1 aromatic heterocycles. The van der Waals surface area contributed by atoms with Crippen molar-refractivity contribution in [2.75, 3.05) is 17.2 Å². The van der Waals surface area contributed by atoms with Gasteiger partial charge in [0.2, 0.25) is 11.8 Å². The van der Waals surface area contributed by atoms with Crippen molar-refractivity contribution in [2.24, 2.45) is 0 Å². The van der Waals surface area contributed by atoms with Crippen LogP contribution in [-0.4, -0.2) is 29.2 Å². The molecule has 0 radical (unpaired) electrons. The molecule has 0 bridgehead atoms. The molecule has 0 fully saturated rings. The van der Waals surface area contributed by atoms with Crippen LogP contribution in [0.3, 0.4) is 0 Å². The molecule has 1 atom stereocenters. The highest BCUT2D eigenvalue weighted by Gasteiger charge is 2.30. The predicted molar refractivity (Wildman–Crippen MR) is 122 cm³/mol. The van der Waals surface area contributed by atoms with Gasteiger partial charge in [0, 0.05) is 18.5 Å². The highest BCUT2D eigenvalue weighted by atomic mass is 35.5. The topological polar surface area (TPSA) is 91.7 Å². The third-order valence-electron chi connectivity index (χ3n) is 5.44. The summed E-state index contributed by atoms with van der Waals surface area (Å²) in [5.41, 5.74) is 2.87. The normalized spacial score (nSPS) is 15.1. The van der Waals surface area contributed by atoms with Crippen LogP contribution in [0.5, 0.6) is 0 Å². The minimum Gasteiger partial charge on any atom is -0.459 e. The number of rotatable bonds is 5. The van der Waals surface area contributed by atoms with Gasteiger partial charge in [-0.3, -0.25) is 14.4 Å². The standard InChI is InChI=1S/C24H22ClN3O4/c1-15(29)28-11-10-16-5-2-3-6-18(16)21(28)14-23(30)26-19-9-8-17(25)13-20(19)27-24(31)22-7-4-12-32-22/h2-9,12-13,21H,10-11,14H2,1H3,(H,26,30)(H,27,31). The molecule has 4 rings (SSSR count). The van der Waals surface area contributed by atoms with E-state index in [4.69, 9.17) is 16.0 Å². The molecule has 0 saturated heterocycles. The van der Waals surface area contributed by atoms with Crippen molar-refractivity contribution in [3.8, 4) is 0 Å². The van der Waals surface area contributed by atoms with Crippen LogP contribution in [0.25, 0.3) is 0 Å². The summed E-state index contributed by atoms with van der Waals surface area (Å²) < 4.78 is 5.12. The fraction of sp³-hybridized carbons (Fsp3) is 0.208. The molecule has 1 aliphatic rings. The zero-order valence-corrected chi connectivity index (χ0v) is 18.2. The van der Waals surface area contributed by atoms with Crippen molar-refractivity contribution in [3.05, 3.63) is 82.8 Å². The van der Waals surface area contributed by atoms with Crippen LogP contribution in [0.15, 0.2) is 65.3 Å². The van der Waals surface area contributed by atoms with E-state index in [-0.39, 0.29) is 30.0 Å². The summed E-state index contributed by atoms with van der Waals surface area (Å²) in [5, 5.41) is 5.96. The van der Waals surface area contributed by atoms with Gasteiger partial charge in [0.1, 0.15) is 0 Å². The highest BCUT2D eigenvalue weighted by molar-refractivity contribution is 6.31. The van der Waals surface area contributed by atoms with Crippen LogP contribution in [0.2, 0.25) is 5.02 Å². The Kier molecular flexibility index (Phi) is 6.28. The van der Waals surface area contributed by atoms with Gasteiger partial charge < -0.3 is 20.0 Å². The zero-order chi connectivity index (χ0) is 22.7. The monoisotopic (exact) mass is 451 g/mol. The maximum Gasteiger partial charge on any atom is 0.291 e. The Bertz CT molecular complexity index is 1160. The van der Waals surface area contributed by atoms with E-state index in [0.29, 0.717) is 22.9 Å². The molecule has 0 saturated carbocycles. The lowest BCUT2D eigenvalue weighted by molar-refractivity contribution is -0.132. The Morgan fingerprint density at radius 2 is 1.88 bits per heavy atom. The van der Waals surface area contributed by atoms with Gasteiger partial charge in [-0.05, 0) is 47.9 Å². The molecule has 7 nitrogen and oxygen atoms in total. The van der Waals surface area contributed by atoms with Crippen molar-refractivity contribution < 1.29 is 18.8 Å². The average molecular weight is 452 g/mol. The fourth-order valence-electron chi connectivity index (χ4n) is 3.95. The number of fused-ring (bicyclic) bond motifs is 1. The van der Waals surface area contributed by atoms with Gasteiger partial charge in [0.15, 0.2) is 5.76 Å². The number of hydrogen-bond acceptors (Lipinski definition) is 4. The maximum absolute atomic E-state index is 13.0. The summed E-state index contributed by atoms with van der Waals surface area (Å²) in [6, 6.07) is 15.4. The molecule has 2 heterocycles. The summed E-state index contributed by atoms with van der Waals surface area (Å²) in [7, 11) is 0. The van der Waals surface area contributed by atoms with E-state index in [1.807, 2.05) is 24.3 Å². The molecule has 0 aliphatic carbocycles. The van der Waals surface area contributed by atoms with Crippen molar-refractivity contribution in [1.29, 1.82) is 0 Å². The van der Waals surface area contributed by atoms with Crippen molar-refractivity contribution in [3.63, 3.8) is 0 Å². The number of hydrogen-bond donors (Lipinski definition) is 2. The number of amides is 3. The van der Waals surface area contributed by atoms with Gasteiger partial charge in [-0.2, -0.15) is 0 Å². The van der Waals surface area contributed by atoms with Crippen LogP contribution in [0.4, 0.5) is 11.4 Å². The molecule has 1 unspecified atom stereocenters. The van der Waals surface area contributed by atoms with E-state index in [1.165, 1.54) is 19.3 Å². The van der Waals surface area contributed by atoms with Gasteiger partial charge in [-0.15, -0.1) is 0 Å². The molecule has 3 amide bonds. The van der Waals surface area contributed by atoms with Crippen LogP contribution in [0, 0.1) is 0 Å². The van der Waals surface area contributed by atoms with Crippen molar-refractivity contribution >= 4 is 40.7 Å². The third kappa shape index (κ3) is 4.68. The number of anilines is 2. The molecule has 2 aromatic carbocycles. The van der Waals surface area contributed by atoms with Crippen LogP contribution < -0.4 is 10.6 Å². The Hall–Kier alpha value is -3.58. The van der Waals surface area contributed by atoms with Gasteiger partial charge in [0.05, 0.1) is 30.1 Å². The molecule has 0 spiro atoms. The molecule has 1 aliphatic heterocycles. The lowest BCUT2D eigenvalue weighted by Crippen LogP contribution is -2.40. The first-order valence-corrected chi connectivity index (χ1v) is 10.6. The van der Waals surface area contributed by atoms with Crippen LogP contribution >= 0.6 is 11.6 Å². The number of nitrogens with one attached hydrogen (secondary N) is 2. The van der Waals surface area contributed by atoms with E-state index in [2.05, 4.69) is 10.6 Å². The number of carbonyl (C=O) groups is 3. The molecular weight excluding hydrogens is 430 g/mol. The SMILES string of the molecule is CC(=O)N1CCc2ccccc2C1CC(=O)Nc1ccc(Cl)cc1NC(=O)c1ccco1. The van der Waals surface area contributed by atoms with E-state index in [0.717, 1.165) is 17.5 Å². The number of benzene rings is 2. The van der Waals surface area contributed by atoms with Crippen molar-refractivity contribution in [2.45, 2.75) is 25.8 Å². The summed E-state index contributed by atoms with van der Waals surface area (Å²) in [6.07, 6.45) is 2.25. The zero-order valence-electron chi connectivity index (χ0n) is 17.4. The Morgan fingerprint density at radius 3 is 2.62 bits per heavy atom. The summed E-state index contributed by atoms with van der Waals surface area (Å²) >= 11 is 6.10. The van der Waals surface area contributed by atoms with Gasteiger partial charge in [-0.1, -0.05) is 35.9 Å². The summed E-state index contributed by atoms with van der Waals surface area (Å²) in [6.45, 7) is 2.08. The third-order valence-corrected chi connectivity index (χ3v) is 5.68. The Balaban J connectivity index is 1.54. The first-order valence-electron chi connectivity index (χ1n) is 10.2. The Labute approximate surface area is 190 Å². The van der Waals surface area contributed by atoms with Crippen molar-refractivity contribution in [1.82, 2.24) is 4.90 Å². The van der Waals surface area contributed by atoms with Crippen LogP contribution in [-0.2, 0) is 16.0 Å². The van der Waals surface area contributed by atoms with E-state index in [1.54, 1.807) is 29.2 Å². The lowest BCUT2D eigenvalue weighted by atomic mass is 9.90. The maximum atomic E-state index is 13.0. The highest BCUT2D eigenvalue weighted by Crippen LogP contribution is 2.33. The average Bonchev–Trinajstić information content (AvgIpc) is 3.31. The van der Waals surface area contributed by atoms with E-state index in [9.17, 15) is 14.4 Å². The molecule has 32 heavy (non-hydrogen) atoms. The molecule has 3 aromatic rings. The van der Waals surface area contributed by atoms with Gasteiger partial charge in [-0.25, -0.2) is 0 Å².